The van der Waals surface area contributed by atoms with Crippen molar-refractivity contribution in [2.24, 2.45) is 0 Å². The highest BCUT2D eigenvalue weighted by Crippen LogP contribution is 2.26. The first-order chi connectivity index (χ1) is 13.4. The Morgan fingerprint density at radius 2 is 1.89 bits per heavy atom. The lowest BCUT2D eigenvalue weighted by Crippen LogP contribution is -2.09. The summed E-state index contributed by atoms with van der Waals surface area (Å²) in [4.78, 5) is 16.9. The summed E-state index contributed by atoms with van der Waals surface area (Å²) in [5.41, 5.74) is 3.93. The highest BCUT2D eigenvalue weighted by molar-refractivity contribution is 7.99. The predicted molar refractivity (Wildman–Crippen MR) is 113 cm³/mol. The molecule has 148 valence electrons. The van der Waals surface area contributed by atoms with Gasteiger partial charge in [0, 0.05) is 47.5 Å². The van der Waals surface area contributed by atoms with Crippen molar-refractivity contribution in [1.29, 1.82) is 0 Å². The van der Waals surface area contributed by atoms with Crippen molar-refractivity contribution < 1.29 is 4.79 Å². The number of Topliss-reactive ketones (excluding diaryl/α,β-unsaturated/α-hetero) is 1. The summed E-state index contributed by atoms with van der Waals surface area (Å²) >= 11 is 1.45. The van der Waals surface area contributed by atoms with E-state index in [1.807, 2.05) is 25.1 Å². The van der Waals surface area contributed by atoms with Crippen LogP contribution in [0.25, 0.3) is 11.4 Å². The first-order valence-electron chi connectivity index (χ1n) is 9.62. The number of hydrogen-bond donors (Lipinski definition) is 0. The largest absolute Gasteiger partial charge is 0.346 e. The van der Waals surface area contributed by atoms with Gasteiger partial charge in [-0.15, -0.1) is 10.2 Å². The zero-order chi connectivity index (χ0) is 20.3. The van der Waals surface area contributed by atoms with Crippen LogP contribution in [0.15, 0.2) is 35.7 Å². The Morgan fingerprint density at radius 3 is 2.50 bits per heavy atom. The number of aromatic nitrogens is 5. The fourth-order valence-electron chi connectivity index (χ4n) is 3.60. The summed E-state index contributed by atoms with van der Waals surface area (Å²) in [7, 11) is 0. The van der Waals surface area contributed by atoms with E-state index in [9.17, 15) is 4.79 Å². The van der Waals surface area contributed by atoms with Crippen LogP contribution in [0.1, 0.15) is 55.0 Å². The minimum atomic E-state index is 0.126. The number of hydrogen-bond acceptors (Lipinski definition) is 5. The van der Waals surface area contributed by atoms with Crippen molar-refractivity contribution in [1.82, 2.24) is 24.3 Å². The van der Waals surface area contributed by atoms with Gasteiger partial charge in [0.15, 0.2) is 16.8 Å². The molecule has 0 amide bonds. The first-order valence-corrected chi connectivity index (χ1v) is 10.6. The summed E-state index contributed by atoms with van der Waals surface area (Å²) in [6.07, 6.45) is 4.47. The van der Waals surface area contributed by atoms with Gasteiger partial charge >= 0.3 is 0 Å². The zero-order valence-electron chi connectivity index (χ0n) is 17.1. The number of rotatable bonds is 8. The molecule has 0 bridgehead atoms. The number of pyridine rings is 1. The smallest absolute Gasteiger partial charge is 0.191 e. The molecule has 3 rings (SSSR count). The van der Waals surface area contributed by atoms with Crippen molar-refractivity contribution in [3.05, 3.63) is 47.5 Å². The minimum Gasteiger partial charge on any atom is -0.346 e. The van der Waals surface area contributed by atoms with E-state index in [4.69, 9.17) is 0 Å². The van der Waals surface area contributed by atoms with Gasteiger partial charge in [-0.3, -0.25) is 9.78 Å². The molecule has 6 nitrogen and oxygen atoms in total. The van der Waals surface area contributed by atoms with Gasteiger partial charge in [-0.2, -0.15) is 0 Å². The summed E-state index contributed by atoms with van der Waals surface area (Å²) in [6.45, 7) is 11.3. The number of aryl methyl sites for hydroxylation is 1. The molecule has 0 aromatic carbocycles. The lowest BCUT2D eigenvalue weighted by molar-refractivity contribution is 0.102. The van der Waals surface area contributed by atoms with E-state index in [-0.39, 0.29) is 5.78 Å². The van der Waals surface area contributed by atoms with Crippen LogP contribution in [-0.4, -0.2) is 35.9 Å². The monoisotopic (exact) mass is 397 g/mol. The van der Waals surface area contributed by atoms with Gasteiger partial charge in [-0.25, -0.2) is 0 Å². The van der Waals surface area contributed by atoms with E-state index >= 15 is 0 Å². The summed E-state index contributed by atoms with van der Waals surface area (Å²) in [5.74, 6) is 1.29. The molecule has 0 aliphatic heterocycles. The standard InChI is InChI=1S/C21H27N5OS/c1-6-11-25-20(17-7-9-22-10-8-17)23-24-21(25)28-13-19(27)18-12-15(4)26(14(2)3)16(18)5/h7-10,12,14H,6,11,13H2,1-5H3. The number of carbonyl (C=O) groups excluding carboxylic acids is 1. The van der Waals surface area contributed by atoms with Gasteiger partial charge in [0.1, 0.15) is 0 Å². The zero-order valence-corrected chi connectivity index (χ0v) is 18.0. The molecule has 0 aliphatic rings. The molecule has 0 unspecified atom stereocenters. The van der Waals surface area contributed by atoms with E-state index in [2.05, 4.69) is 52.0 Å². The van der Waals surface area contributed by atoms with Crippen LogP contribution in [0.4, 0.5) is 0 Å². The Kier molecular flexibility index (Phi) is 6.34. The van der Waals surface area contributed by atoms with E-state index in [0.717, 1.165) is 46.5 Å². The molecule has 0 fully saturated rings. The number of carbonyl (C=O) groups is 1. The maximum absolute atomic E-state index is 12.9. The number of ketones is 1. The quantitative estimate of drug-likeness (QED) is 0.406. The van der Waals surface area contributed by atoms with Crippen LogP contribution in [-0.2, 0) is 6.54 Å². The molecule has 0 saturated heterocycles. The molecular formula is C21H27N5OS. The maximum atomic E-state index is 12.9. The maximum Gasteiger partial charge on any atom is 0.191 e. The second kappa shape index (κ2) is 8.73. The molecular weight excluding hydrogens is 370 g/mol. The molecule has 28 heavy (non-hydrogen) atoms. The average Bonchev–Trinajstić information content (AvgIpc) is 3.21. The van der Waals surface area contributed by atoms with Crippen molar-refractivity contribution in [3.63, 3.8) is 0 Å². The Hall–Kier alpha value is -2.41. The molecule has 0 atom stereocenters. The summed E-state index contributed by atoms with van der Waals surface area (Å²) in [6, 6.07) is 6.19. The van der Waals surface area contributed by atoms with E-state index in [1.165, 1.54) is 11.8 Å². The van der Waals surface area contributed by atoms with Crippen LogP contribution in [0, 0.1) is 13.8 Å². The third kappa shape index (κ3) is 4.04. The second-order valence-corrected chi connectivity index (χ2v) is 8.10. The van der Waals surface area contributed by atoms with Crippen LogP contribution < -0.4 is 0 Å². The lowest BCUT2D eigenvalue weighted by atomic mass is 10.2. The van der Waals surface area contributed by atoms with Gasteiger partial charge < -0.3 is 9.13 Å². The Labute approximate surface area is 170 Å². The Balaban J connectivity index is 1.81. The predicted octanol–water partition coefficient (Wildman–Crippen LogP) is 4.72. The van der Waals surface area contributed by atoms with Crippen molar-refractivity contribution in [2.45, 2.75) is 58.8 Å². The highest BCUT2D eigenvalue weighted by Gasteiger charge is 2.19. The van der Waals surface area contributed by atoms with Gasteiger partial charge in [0.25, 0.3) is 0 Å². The fourth-order valence-corrected chi connectivity index (χ4v) is 4.44. The molecule has 3 aromatic heterocycles. The van der Waals surface area contributed by atoms with E-state index < -0.39 is 0 Å². The summed E-state index contributed by atoms with van der Waals surface area (Å²) < 4.78 is 4.30. The van der Waals surface area contributed by atoms with E-state index in [1.54, 1.807) is 12.4 Å². The summed E-state index contributed by atoms with van der Waals surface area (Å²) in [5, 5.41) is 9.49. The fraction of sp³-hybridized carbons (Fsp3) is 0.429. The van der Waals surface area contributed by atoms with Crippen LogP contribution in [0.5, 0.6) is 0 Å². The van der Waals surface area contributed by atoms with Crippen molar-refractivity contribution in [2.75, 3.05) is 5.75 Å². The molecule has 0 saturated carbocycles. The molecule has 3 aromatic rings. The first kappa shape index (κ1) is 20.3. The molecule has 0 spiro atoms. The third-order valence-electron chi connectivity index (χ3n) is 4.74. The molecule has 0 aliphatic carbocycles. The van der Waals surface area contributed by atoms with Gasteiger partial charge in [-0.1, -0.05) is 18.7 Å². The van der Waals surface area contributed by atoms with Crippen molar-refractivity contribution in [3.8, 4) is 11.4 Å². The highest BCUT2D eigenvalue weighted by atomic mass is 32.2. The number of thioether (sulfide) groups is 1. The normalized spacial score (nSPS) is 11.4. The molecule has 3 heterocycles. The SMILES string of the molecule is CCCn1c(SCC(=O)c2cc(C)n(C(C)C)c2C)nnc1-c1ccncc1. The Bertz CT molecular complexity index is 959. The molecule has 0 N–H and O–H groups in total. The van der Waals surface area contributed by atoms with Gasteiger partial charge in [-0.05, 0) is 52.3 Å². The van der Waals surface area contributed by atoms with E-state index in [0.29, 0.717) is 11.8 Å². The average molecular weight is 398 g/mol. The van der Waals surface area contributed by atoms with Gasteiger partial charge in [0.05, 0.1) is 5.75 Å². The van der Waals surface area contributed by atoms with Crippen LogP contribution in [0.3, 0.4) is 0 Å². The van der Waals surface area contributed by atoms with Crippen LogP contribution in [0.2, 0.25) is 0 Å². The van der Waals surface area contributed by atoms with Crippen molar-refractivity contribution >= 4 is 17.5 Å². The number of nitrogens with zero attached hydrogens (tertiary/aromatic N) is 5. The van der Waals surface area contributed by atoms with Crippen LogP contribution >= 0.6 is 11.8 Å². The Morgan fingerprint density at radius 1 is 1.18 bits per heavy atom. The topological polar surface area (TPSA) is 65.6 Å². The van der Waals surface area contributed by atoms with Gasteiger partial charge in [0.2, 0.25) is 0 Å². The molecule has 7 heteroatoms. The third-order valence-corrected chi connectivity index (χ3v) is 5.70. The molecule has 0 radical (unpaired) electrons. The minimum absolute atomic E-state index is 0.126. The lowest BCUT2D eigenvalue weighted by Gasteiger charge is -2.13. The second-order valence-electron chi connectivity index (χ2n) is 7.15.